The summed E-state index contributed by atoms with van der Waals surface area (Å²) < 4.78 is 6.03. The van der Waals surface area contributed by atoms with Crippen molar-refractivity contribution >= 4 is 38.4 Å². The maximum atomic E-state index is 12.1. The van der Waals surface area contributed by atoms with Crippen molar-refractivity contribution in [3.8, 4) is 12.3 Å². The summed E-state index contributed by atoms with van der Waals surface area (Å²) in [4.78, 5) is 17.7. The van der Waals surface area contributed by atoms with Crippen molar-refractivity contribution in [3.05, 3.63) is 9.61 Å². The number of hydrogen-bond donors (Lipinski definition) is 0. The van der Waals surface area contributed by atoms with E-state index in [9.17, 15) is 4.79 Å². The molecule has 0 aliphatic rings. The van der Waals surface area contributed by atoms with Gasteiger partial charge < -0.3 is 4.74 Å². The van der Waals surface area contributed by atoms with Crippen LogP contribution in [0.3, 0.4) is 0 Å². The lowest BCUT2D eigenvalue weighted by Gasteiger charge is -2.25. The van der Waals surface area contributed by atoms with Gasteiger partial charge >= 0.3 is 6.09 Å². The molecule has 0 aromatic carbocycles. The highest BCUT2D eigenvalue weighted by Crippen LogP contribution is 2.32. The van der Waals surface area contributed by atoms with E-state index < -0.39 is 11.7 Å². The van der Waals surface area contributed by atoms with Gasteiger partial charge in [0.15, 0.2) is 3.92 Å². The molecule has 0 aliphatic heterocycles. The van der Waals surface area contributed by atoms with Crippen LogP contribution in [0.1, 0.15) is 26.5 Å². The van der Waals surface area contributed by atoms with Gasteiger partial charge in [-0.15, -0.1) is 6.42 Å². The highest BCUT2D eigenvalue weighted by Gasteiger charge is 2.25. The Balaban J connectivity index is 3.00. The Morgan fingerprint density at radius 1 is 1.61 bits per heavy atom. The Morgan fingerprint density at radius 3 is 2.61 bits per heavy atom. The van der Waals surface area contributed by atoms with Crippen molar-refractivity contribution in [1.82, 2.24) is 4.98 Å². The molecule has 0 spiro atoms. The van der Waals surface area contributed by atoms with E-state index in [1.807, 2.05) is 27.7 Å². The molecule has 0 saturated carbocycles. The molecule has 1 amide bonds. The monoisotopic (exact) mass is 330 g/mol. The molecular weight excluding hydrogens is 316 g/mol. The number of aryl methyl sites for hydroxylation is 1. The lowest BCUT2D eigenvalue weighted by atomic mass is 10.2. The molecule has 0 atom stereocenters. The third-order valence-corrected chi connectivity index (χ3v) is 3.49. The van der Waals surface area contributed by atoms with E-state index in [1.165, 1.54) is 16.2 Å². The van der Waals surface area contributed by atoms with E-state index in [4.69, 9.17) is 11.2 Å². The average molecular weight is 331 g/mol. The summed E-state index contributed by atoms with van der Waals surface area (Å²) in [5, 5.41) is 0.703. The Hall–Kier alpha value is -1.06. The molecule has 0 fully saturated rings. The minimum atomic E-state index is -0.556. The van der Waals surface area contributed by atoms with Crippen molar-refractivity contribution in [3.63, 3.8) is 0 Å². The molecule has 18 heavy (non-hydrogen) atoms. The number of halogens is 1. The van der Waals surface area contributed by atoms with Crippen LogP contribution in [-0.2, 0) is 4.74 Å². The van der Waals surface area contributed by atoms with Gasteiger partial charge in [0.2, 0.25) is 0 Å². The number of nitrogens with zero attached hydrogens (tertiary/aromatic N) is 2. The first-order chi connectivity index (χ1) is 8.24. The third kappa shape index (κ3) is 4.00. The smallest absolute Gasteiger partial charge is 0.416 e. The van der Waals surface area contributed by atoms with Crippen LogP contribution in [0, 0.1) is 19.3 Å². The molecule has 1 aromatic rings. The molecule has 6 heteroatoms. The number of amides is 1. The average Bonchev–Trinajstić information content (AvgIpc) is 2.51. The first-order valence-corrected chi connectivity index (χ1v) is 6.92. The fourth-order valence-corrected chi connectivity index (χ4v) is 2.74. The summed E-state index contributed by atoms with van der Waals surface area (Å²) in [6.45, 7) is 7.42. The number of hydrogen-bond acceptors (Lipinski definition) is 4. The van der Waals surface area contributed by atoms with Crippen LogP contribution in [0.25, 0.3) is 0 Å². The lowest BCUT2D eigenvalue weighted by Crippen LogP contribution is -2.37. The molecular formula is C12H15BrN2O2S. The highest BCUT2D eigenvalue weighted by atomic mass is 79.9. The normalized spacial score (nSPS) is 10.9. The number of carbonyl (C=O) groups is 1. The summed E-state index contributed by atoms with van der Waals surface area (Å²) in [5.41, 5.74) is 0.188. The predicted octanol–water partition coefficient (Wildman–Crippen LogP) is 3.59. The topological polar surface area (TPSA) is 42.4 Å². The fraction of sp³-hybridized carbons (Fsp3) is 0.500. The molecule has 0 bridgehead atoms. The van der Waals surface area contributed by atoms with E-state index in [0.29, 0.717) is 8.92 Å². The Morgan fingerprint density at radius 2 is 2.22 bits per heavy atom. The summed E-state index contributed by atoms with van der Waals surface area (Å²) in [6, 6.07) is 0. The predicted molar refractivity (Wildman–Crippen MR) is 77.0 cm³/mol. The fourth-order valence-electron chi connectivity index (χ4n) is 1.23. The maximum Gasteiger partial charge on any atom is 0.416 e. The van der Waals surface area contributed by atoms with E-state index in [2.05, 4.69) is 26.8 Å². The van der Waals surface area contributed by atoms with Crippen molar-refractivity contribution in [2.24, 2.45) is 0 Å². The third-order valence-electron chi connectivity index (χ3n) is 1.85. The van der Waals surface area contributed by atoms with Crippen LogP contribution in [0.4, 0.5) is 9.80 Å². The number of anilines is 1. The van der Waals surface area contributed by atoms with Crippen LogP contribution >= 0.6 is 27.3 Å². The Bertz CT molecular complexity index is 485. The minimum absolute atomic E-state index is 0.157. The van der Waals surface area contributed by atoms with Crippen LogP contribution in [-0.4, -0.2) is 23.2 Å². The quantitative estimate of drug-likeness (QED) is 0.778. The zero-order valence-electron chi connectivity index (χ0n) is 10.8. The number of rotatable bonds is 2. The molecule has 0 unspecified atom stereocenters. The van der Waals surface area contributed by atoms with Gasteiger partial charge in [-0.05, 0) is 43.6 Å². The lowest BCUT2D eigenvalue weighted by molar-refractivity contribution is 0.0586. The van der Waals surface area contributed by atoms with Crippen molar-refractivity contribution in [2.45, 2.75) is 33.3 Å². The van der Waals surface area contributed by atoms with Crippen LogP contribution in [0.5, 0.6) is 0 Å². The molecule has 0 aliphatic carbocycles. The van der Waals surface area contributed by atoms with Gasteiger partial charge in [-0.2, -0.15) is 0 Å². The summed E-state index contributed by atoms with van der Waals surface area (Å²) in [6.07, 6.45) is 4.84. The first kappa shape index (κ1) is 15.0. The van der Waals surface area contributed by atoms with Gasteiger partial charge in [-0.25, -0.2) is 9.78 Å². The van der Waals surface area contributed by atoms with Crippen molar-refractivity contribution in [2.75, 3.05) is 11.4 Å². The number of ether oxygens (including phenoxy) is 1. The minimum Gasteiger partial charge on any atom is -0.443 e. The van der Waals surface area contributed by atoms with E-state index >= 15 is 0 Å². The molecule has 1 heterocycles. The van der Waals surface area contributed by atoms with Crippen molar-refractivity contribution < 1.29 is 9.53 Å². The summed E-state index contributed by atoms with van der Waals surface area (Å²) >= 11 is 4.64. The molecule has 1 aromatic heterocycles. The van der Waals surface area contributed by atoms with Gasteiger partial charge in [-0.3, -0.25) is 4.90 Å². The van der Waals surface area contributed by atoms with Gasteiger partial charge in [-0.1, -0.05) is 17.3 Å². The van der Waals surface area contributed by atoms with Crippen LogP contribution in [0.2, 0.25) is 0 Å². The second kappa shape index (κ2) is 5.72. The van der Waals surface area contributed by atoms with Crippen LogP contribution in [0.15, 0.2) is 3.92 Å². The number of terminal acetylenes is 1. The SMILES string of the molecule is C#CCN(C(=O)OC(C)(C)C)c1sc(Br)nc1C. The molecule has 1 rings (SSSR count). The zero-order valence-corrected chi connectivity index (χ0v) is 13.2. The van der Waals surface area contributed by atoms with Gasteiger partial charge in [0, 0.05) is 0 Å². The standard InChI is InChI=1S/C12H15BrN2O2S/c1-6-7-15(11(16)17-12(3,4)5)9-8(2)14-10(13)18-9/h1H,7H2,2-5H3. The van der Waals surface area contributed by atoms with Gasteiger partial charge in [0.05, 0.1) is 12.2 Å². The Labute approximate surface area is 119 Å². The first-order valence-electron chi connectivity index (χ1n) is 5.31. The van der Waals surface area contributed by atoms with Gasteiger partial charge in [0.1, 0.15) is 10.6 Å². The zero-order chi connectivity index (χ0) is 13.9. The molecule has 4 nitrogen and oxygen atoms in total. The second-order valence-electron chi connectivity index (χ2n) is 4.63. The molecule has 98 valence electrons. The van der Waals surface area contributed by atoms with E-state index in [0.717, 1.165) is 5.69 Å². The number of carbonyl (C=O) groups excluding carboxylic acids is 1. The van der Waals surface area contributed by atoms with Crippen molar-refractivity contribution in [1.29, 1.82) is 0 Å². The molecule has 0 radical (unpaired) electrons. The molecule has 0 N–H and O–H groups in total. The largest absolute Gasteiger partial charge is 0.443 e. The number of thiazole rings is 1. The maximum absolute atomic E-state index is 12.1. The van der Waals surface area contributed by atoms with E-state index in [1.54, 1.807) is 0 Å². The summed E-state index contributed by atoms with van der Waals surface area (Å²) in [5.74, 6) is 2.46. The Kier molecular flexibility index (Phi) is 4.77. The highest BCUT2D eigenvalue weighted by molar-refractivity contribution is 9.11. The second-order valence-corrected chi connectivity index (χ2v) is 6.88. The summed E-state index contributed by atoms with van der Waals surface area (Å²) in [7, 11) is 0. The molecule has 0 saturated heterocycles. The van der Waals surface area contributed by atoms with E-state index in [-0.39, 0.29) is 6.54 Å². The van der Waals surface area contributed by atoms with Gasteiger partial charge in [0.25, 0.3) is 0 Å². The number of aromatic nitrogens is 1. The van der Waals surface area contributed by atoms with Crippen LogP contribution < -0.4 is 4.90 Å².